The number of pyridine rings is 1. The van der Waals surface area contributed by atoms with Crippen LogP contribution in [0.1, 0.15) is 77.2 Å². The smallest absolute Gasteiger partial charge is 0.0343 e. The highest BCUT2D eigenvalue weighted by Crippen LogP contribution is 2.66. The molecule has 0 bridgehead atoms. The van der Waals surface area contributed by atoms with Crippen LogP contribution in [0.15, 0.2) is 42.3 Å². The molecule has 2 nitrogen and oxygen atoms in total. The van der Waals surface area contributed by atoms with Crippen molar-refractivity contribution in [2.45, 2.75) is 82.9 Å². The first-order valence-electron chi connectivity index (χ1n) is 12.3. The molecule has 5 aliphatic rings. The monoisotopic (exact) mass is 420 g/mol. The molecule has 3 heteroatoms. The van der Waals surface area contributed by atoms with Crippen molar-refractivity contribution in [3.8, 4) is 0 Å². The van der Waals surface area contributed by atoms with E-state index >= 15 is 0 Å². The van der Waals surface area contributed by atoms with E-state index in [1.54, 1.807) is 11.1 Å². The number of rotatable bonds is 4. The average Bonchev–Trinajstić information content (AvgIpc) is 3.52. The van der Waals surface area contributed by atoms with E-state index in [-0.39, 0.29) is 0 Å². The molecule has 3 fully saturated rings. The average molecular weight is 421 g/mol. The lowest BCUT2D eigenvalue weighted by atomic mass is 9.47. The van der Waals surface area contributed by atoms with Gasteiger partial charge in [0, 0.05) is 23.7 Å². The number of nitrogens with zero attached hydrogens (tertiary/aromatic N) is 1. The number of hydrogen-bond donors (Lipinski definition) is 1. The Hall–Kier alpha value is -1.06. The first-order valence-corrected chi connectivity index (χ1v) is 13.2. The van der Waals surface area contributed by atoms with Gasteiger partial charge < -0.3 is 0 Å². The standard InChI is InChI=1S/C27H36N2S/c1-26-13-11-20(29-30-21-6-7-21)16-19(26)5-8-22-24-10-9-23(18-4-3-15-28-17-18)27(24,2)14-12-25(22)26/h3-5,9,15,17,20-22,24-25,29H,6-8,10-14,16H2,1-2H3. The summed E-state index contributed by atoms with van der Waals surface area (Å²) in [5, 5.41) is 0.905. The summed E-state index contributed by atoms with van der Waals surface area (Å²) in [4.78, 5) is 4.42. The minimum absolute atomic E-state index is 0.339. The van der Waals surface area contributed by atoms with Gasteiger partial charge >= 0.3 is 0 Å². The van der Waals surface area contributed by atoms with Crippen LogP contribution in [0, 0.1) is 28.6 Å². The van der Waals surface area contributed by atoms with Crippen LogP contribution in [0.25, 0.3) is 5.57 Å². The molecule has 0 radical (unpaired) electrons. The summed E-state index contributed by atoms with van der Waals surface area (Å²) in [5.74, 6) is 2.55. The lowest BCUT2D eigenvalue weighted by Gasteiger charge is -2.58. The maximum absolute atomic E-state index is 4.42. The van der Waals surface area contributed by atoms with Crippen molar-refractivity contribution >= 4 is 17.5 Å². The van der Waals surface area contributed by atoms with E-state index in [9.17, 15) is 0 Å². The Morgan fingerprint density at radius 3 is 2.67 bits per heavy atom. The molecule has 1 N–H and O–H groups in total. The van der Waals surface area contributed by atoms with Gasteiger partial charge in [0.1, 0.15) is 0 Å². The Kier molecular flexibility index (Phi) is 4.73. The number of nitrogens with one attached hydrogen (secondary N) is 1. The van der Waals surface area contributed by atoms with Crippen LogP contribution >= 0.6 is 11.9 Å². The van der Waals surface area contributed by atoms with Gasteiger partial charge in [0.2, 0.25) is 0 Å². The Balaban J connectivity index is 1.22. The first kappa shape index (κ1) is 19.6. The molecule has 3 saturated carbocycles. The fraction of sp³-hybridized carbons (Fsp3) is 0.667. The zero-order chi connectivity index (χ0) is 20.3. The van der Waals surface area contributed by atoms with Crippen LogP contribution in [-0.4, -0.2) is 16.3 Å². The van der Waals surface area contributed by atoms with Gasteiger partial charge in [0.05, 0.1) is 0 Å². The van der Waals surface area contributed by atoms with E-state index < -0.39 is 0 Å². The van der Waals surface area contributed by atoms with E-state index in [0.717, 1.165) is 23.0 Å². The molecule has 6 atom stereocenters. The number of allylic oxidation sites excluding steroid dienone is 3. The number of aromatic nitrogens is 1. The Bertz CT molecular complexity index is 872. The third kappa shape index (κ3) is 3.06. The number of fused-ring (bicyclic) bond motifs is 5. The van der Waals surface area contributed by atoms with Gasteiger partial charge in [-0.3, -0.25) is 9.71 Å². The fourth-order valence-electron chi connectivity index (χ4n) is 7.68. The molecule has 0 spiro atoms. The van der Waals surface area contributed by atoms with Gasteiger partial charge in [-0.05, 0) is 104 Å². The van der Waals surface area contributed by atoms with Crippen molar-refractivity contribution in [3.05, 3.63) is 47.8 Å². The Labute approximate surface area is 186 Å². The van der Waals surface area contributed by atoms with Gasteiger partial charge in [-0.25, -0.2) is 0 Å². The summed E-state index contributed by atoms with van der Waals surface area (Å²) < 4.78 is 3.83. The molecule has 5 aliphatic carbocycles. The third-order valence-corrected chi connectivity index (χ3v) is 10.9. The number of hydrogen-bond acceptors (Lipinski definition) is 3. The molecule has 6 unspecified atom stereocenters. The zero-order valence-corrected chi connectivity index (χ0v) is 19.4. The topological polar surface area (TPSA) is 24.9 Å². The molecule has 30 heavy (non-hydrogen) atoms. The van der Waals surface area contributed by atoms with Crippen molar-refractivity contribution in [1.29, 1.82) is 0 Å². The summed E-state index contributed by atoms with van der Waals surface area (Å²) in [6.07, 6.45) is 21.5. The molecule has 1 heterocycles. The van der Waals surface area contributed by atoms with Crippen molar-refractivity contribution in [3.63, 3.8) is 0 Å². The first-order chi connectivity index (χ1) is 14.6. The van der Waals surface area contributed by atoms with Crippen molar-refractivity contribution < 1.29 is 0 Å². The van der Waals surface area contributed by atoms with Crippen LogP contribution in [0.5, 0.6) is 0 Å². The third-order valence-electron chi connectivity index (χ3n) is 9.58. The van der Waals surface area contributed by atoms with E-state index in [2.05, 4.69) is 54.0 Å². The summed E-state index contributed by atoms with van der Waals surface area (Å²) in [5.41, 5.74) is 5.53. The predicted molar refractivity (Wildman–Crippen MR) is 127 cm³/mol. The molecule has 0 saturated heterocycles. The van der Waals surface area contributed by atoms with E-state index in [0.29, 0.717) is 16.9 Å². The lowest BCUT2D eigenvalue weighted by Crippen LogP contribution is -2.50. The summed E-state index contributed by atoms with van der Waals surface area (Å²) in [6.45, 7) is 5.20. The van der Waals surface area contributed by atoms with E-state index in [4.69, 9.17) is 0 Å². The maximum Gasteiger partial charge on any atom is 0.0343 e. The van der Waals surface area contributed by atoms with Gasteiger partial charge in [0.15, 0.2) is 0 Å². The summed E-state index contributed by atoms with van der Waals surface area (Å²) in [6, 6.07) is 5.07. The minimum atomic E-state index is 0.339. The van der Waals surface area contributed by atoms with Crippen molar-refractivity contribution in [2.24, 2.45) is 28.6 Å². The Morgan fingerprint density at radius 2 is 1.87 bits per heavy atom. The zero-order valence-electron chi connectivity index (χ0n) is 18.6. The van der Waals surface area contributed by atoms with Crippen LogP contribution in [0.4, 0.5) is 0 Å². The van der Waals surface area contributed by atoms with Gasteiger partial charge in [-0.1, -0.05) is 49.6 Å². The molecular weight excluding hydrogens is 384 g/mol. The second kappa shape index (κ2) is 7.24. The highest BCUT2D eigenvalue weighted by atomic mass is 32.2. The molecule has 6 rings (SSSR count). The van der Waals surface area contributed by atoms with Crippen molar-refractivity contribution in [2.75, 3.05) is 0 Å². The molecule has 1 aromatic heterocycles. The van der Waals surface area contributed by atoms with Gasteiger partial charge in [-0.15, -0.1) is 0 Å². The molecule has 1 aromatic rings. The molecule has 0 amide bonds. The van der Waals surface area contributed by atoms with Crippen LogP contribution in [-0.2, 0) is 0 Å². The van der Waals surface area contributed by atoms with Crippen LogP contribution in [0.2, 0.25) is 0 Å². The summed E-state index contributed by atoms with van der Waals surface area (Å²) >= 11 is 2.03. The highest BCUT2D eigenvalue weighted by Gasteiger charge is 2.56. The molecule has 0 aromatic carbocycles. The highest BCUT2D eigenvalue weighted by molar-refractivity contribution is 7.98. The fourth-order valence-corrected chi connectivity index (χ4v) is 8.63. The maximum atomic E-state index is 4.42. The second-order valence-corrected chi connectivity index (χ2v) is 12.3. The quantitative estimate of drug-likeness (QED) is 0.428. The molecular formula is C27H36N2S. The van der Waals surface area contributed by atoms with Crippen LogP contribution < -0.4 is 4.72 Å². The minimum Gasteiger partial charge on any atom is -0.264 e. The lowest BCUT2D eigenvalue weighted by molar-refractivity contribution is -0.0117. The van der Waals surface area contributed by atoms with Crippen LogP contribution in [0.3, 0.4) is 0 Å². The molecule has 160 valence electrons. The predicted octanol–water partition coefficient (Wildman–Crippen LogP) is 6.81. The second-order valence-electron chi connectivity index (χ2n) is 11.2. The van der Waals surface area contributed by atoms with Gasteiger partial charge in [0.25, 0.3) is 0 Å². The van der Waals surface area contributed by atoms with Crippen molar-refractivity contribution in [1.82, 2.24) is 9.71 Å². The van der Waals surface area contributed by atoms with E-state index in [1.165, 1.54) is 63.4 Å². The summed E-state index contributed by atoms with van der Waals surface area (Å²) in [7, 11) is 0. The Morgan fingerprint density at radius 1 is 1.00 bits per heavy atom. The van der Waals surface area contributed by atoms with Gasteiger partial charge in [-0.2, -0.15) is 0 Å². The normalized spacial score (nSPS) is 42.6. The SMILES string of the molecule is CC12CCC(NSC3CC3)CC1=CCC1C2CCC2(C)C(c3cccnc3)=CCC12. The largest absolute Gasteiger partial charge is 0.264 e. The molecule has 0 aliphatic heterocycles. The van der Waals surface area contributed by atoms with E-state index in [1.807, 2.05) is 18.1 Å².